The molecule has 4 unspecified atom stereocenters. The van der Waals surface area contributed by atoms with E-state index < -0.39 is 23.1 Å². The minimum atomic E-state index is -1.06. The van der Waals surface area contributed by atoms with Gasteiger partial charge in [-0.3, -0.25) is 9.59 Å². The van der Waals surface area contributed by atoms with Crippen molar-refractivity contribution in [2.45, 2.75) is 74.1 Å². The summed E-state index contributed by atoms with van der Waals surface area (Å²) in [5.41, 5.74) is -2.13. The molecule has 2 N–H and O–H groups in total. The summed E-state index contributed by atoms with van der Waals surface area (Å²) in [5, 5.41) is 19.8. The molecule has 0 spiro atoms. The molecule has 4 atom stereocenters. The lowest BCUT2D eigenvalue weighted by molar-refractivity contribution is -0.174. The molecule has 0 aliphatic carbocycles. The largest absolute Gasteiger partial charge is 0.456 e. The topological polar surface area (TPSA) is 143 Å². The zero-order valence-corrected chi connectivity index (χ0v) is 17.0. The number of carbonyl (C=O) groups is 2. The van der Waals surface area contributed by atoms with Crippen molar-refractivity contribution in [2.24, 2.45) is 0 Å². The van der Waals surface area contributed by atoms with Gasteiger partial charge in [-0.1, -0.05) is 0 Å². The summed E-state index contributed by atoms with van der Waals surface area (Å²) < 4.78 is 32.1. The van der Waals surface area contributed by atoms with Gasteiger partial charge in [0.15, 0.2) is 0 Å². The van der Waals surface area contributed by atoms with Gasteiger partial charge in [-0.05, 0) is 0 Å². The maximum Gasteiger partial charge on any atom is 0.307 e. The van der Waals surface area contributed by atoms with E-state index in [0.717, 1.165) is 0 Å². The van der Waals surface area contributed by atoms with Crippen LogP contribution in [-0.2, 0) is 38.0 Å². The fraction of sp³-hybridized carbons (Fsp3) is 0.900. The molecule has 4 rings (SSSR count). The van der Waals surface area contributed by atoms with Crippen molar-refractivity contribution >= 4 is 11.9 Å². The fourth-order valence-electron chi connectivity index (χ4n) is 3.85. The Balaban J connectivity index is 1.27. The van der Waals surface area contributed by atoms with Crippen LogP contribution in [0.4, 0.5) is 0 Å². The van der Waals surface area contributed by atoms with Crippen molar-refractivity contribution in [2.75, 3.05) is 39.6 Å². The Morgan fingerprint density at radius 3 is 1.13 bits per heavy atom. The highest BCUT2D eigenvalue weighted by Gasteiger charge is 2.46. The van der Waals surface area contributed by atoms with Gasteiger partial charge in [0.2, 0.25) is 0 Å². The SMILES string of the molecule is O=C(CCC(=O)OC(CO)(CC1CO1)CC1CO1)OC(CO)(CC1CO1)CC1CO1. The van der Waals surface area contributed by atoms with Crippen LogP contribution in [0.5, 0.6) is 0 Å². The number of hydrogen-bond acceptors (Lipinski definition) is 10. The van der Waals surface area contributed by atoms with E-state index in [4.69, 9.17) is 28.4 Å². The number of hydrogen-bond donors (Lipinski definition) is 2. The molecule has 170 valence electrons. The predicted molar refractivity (Wildman–Crippen MR) is 98.5 cm³/mol. The molecule has 10 nitrogen and oxygen atoms in total. The molecule has 0 aromatic heterocycles. The summed E-state index contributed by atoms with van der Waals surface area (Å²) in [5.74, 6) is -1.18. The molecule has 0 bridgehead atoms. The van der Waals surface area contributed by atoms with Gasteiger partial charge in [-0.25, -0.2) is 0 Å². The number of aliphatic hydroxyl groups is 2. The highest BCUT2D eigenvalue weighted by molar-refractivity contribution is 5.78. The average Bonchev–Trinajstić information content (AvgIpc) is 3.54. The van der Waals surface area contributed by atoms with Gasteiger partial charge in [-0.15, -0.1) is 0 Å². The maximum atomic E-state index is 12.4. The van der Waals surface area contributed by atoms with Crippen LogP contribution in [0.2, 0.25) is 0 Å². The van der Waals surface area contributed by atoms with Gasteiger partial charge >= 0.3 is 11.9 Å². The third-order valence-electron chi connectivity index (χ3n) is 5.78. The number of rotatable bonds is 15. The molecule has 30 heavy (non-hydrogen) atoms. The number of esters is 2. The zero-order chi connectivity index (χ0) is 21.2. The molecule has 4 aliphatic heterocycles. The number of ether oxygens (including phenoxy) is 6. The Kier molecular flexibility index (Phi) is 6.61. The second-order valence-corrected chi connectivity index (χ2v) is 8.77. The molecule has 10 heteroatoms. The van der Waals surface area contributed by atoms with E-state index in [1.54, 1.807) is 0 Å². The van der Waals surface area contributed by atoms with E-state index in [1.807, 2.05) is 0 Å². The first kappa shape index (κ1) is 21.9. The molecular formula is C20H30O10. The summed E-state index contributed by atoms with van der Waals surface area (Å²) in [6.45, 7) is 1.65. The van der Waals surface area contributed by atoms with Crippen LogP contribution in [0.25, 0.3) is 0 Å². The first-order valence-corrected chi connectivity index (χ1v) is 10.5. The van der Waals surface area contributed by atoms with Crippen molar-refractivity contribution in [3.63, 3.8) is 0 Å². The summed E-state index contributed by atoms with van der Waals surface area (Å²) in [4.78, 5) is 24.8. The Morgan fingerprint density at radius 2 is 0.933 bits per heavy atom. The molecule has 4 aliphatic rings. The van der Waals surface area contributed by atoms with Crippen molar-refractivity contribution in [1.82, 2.24) is 0 Å². The third-order valence-corrected chi connectivity index (χ3v) is 5.78. The van der Waals surface area contributed by atoms with Gasteiger partial charge in [0.05, 0.1) is 76.9 Å². The van der Waals surface area contributed by atoms with Crippen molar-refractivity contribution < 1.29 is 48.2 Å². The van der Waals surface area contributed by atoms with Gasteiger partial charge in [-0.2, -0.15) is 0 Å². The third kappa shape index (κ3) is 6.60. The molecule has 4 fully saturated rings. The van der Waals surface area contributed by atoms with Crippen LogP contribution in [-0.4, -0.2) is 97.4 Å². The van der Waals surface area contributed by atoms with E-state index >= 15 is 0 Å². The number of carbonyl (C=O) groups excluding carboxylic acids is 2. The highest BCUT2D eigenvalue weighted by Crippen LogP contribution is 2.35. The van der Waals surface area contributed by atoms with Crippen LogP contribution in [0.1, 0.15) is 38.5 Å². The molecule has 4 saturated heterocycles. The Labute approximate surface area is 174 Å². The maximum absolute atomic E-state index is 12.4. The van der Waals surface area contributed by atoms with Crippen molar-refractivity contribution in [1.29, 1.82) is 0 Å². The Hall–Kier alpha value is -1.30. The number of epoxide rings is 4. The molecule has 0 aromatic rings. The van der Waals surface area contributed by atoms with Gasteiger partial charge in [0.25, 0.3) is 0 Å². The second-order valence-electron chi connectivity index (χ2n) is 8.77. The molecule has 4 heterocycles. The minimum Gasteiger partial charge on any atom is -0.456 e. The summed E-state index contributed by atoms with van der Waals surface area (Å²) in [7, 11) is 0. The van der Waals surface area contributed by atoms with E-state index in [0.29, 0.717) is 52.1 Å². The second kappa shape index (κ2) is 9.05. The summed E-state index contributed by atoms with van der Waals surface area (Å²) in [6, 6.07) is 0. The Bertz CT molecular complexity index is 539. The number of aliphatic hydroxyl groups excluding tert-OH is 2. The smallest absolute Gasteiger partial charge is 0.307 e. The highest BCUT2D eigenvalue weighted by atomic mass is 16.6. The van der Waals surface area contributed by atoms with Crippen LogP contribution in [0.3, 0.4) is 0 Å². The van der Waals surface area contributed by atoms with E-state index in [9.17, 15) is 19.8 Å². The van der Waals surface area contributed by atoms with E-state index in [2.05, 4.69) is 0 Å². The summed E-state index contributed by atoms with van der Waals surface area (Å²) in [6.07, 6.45) is 1.10. The van der Waals surface area contributed by atoms with Crippen LogP contribution in [0.15, 0.2) is 0 Å². The van der Waals surface area contributed by atoms with Crippen LogP contribution >= 0.6 is 0 Å². The zero-order valence-electron chi connectivity index (χ0n) is 17.0. The van der Waals surface area contributed by atoms with E-state index in [1.165, 1.54) is 0 Å². The van der Waals surface area contributed by atoms with Crippen molar-refractivity contribution in [3.8, 4) is 0 Å². The minimum absolute atomic E-state index is 0.0341. The molecule has 0 aromatic carbocycles. The van der Waals surface area contributed by atoms with E-state index in [-0.39, 0.29) is 50.5 Å². The van der Waals surface area contributed by atoms with Gasteiger partial charge in [0.1, 0.15) is 11.2 Å². The Morgan fingerprint density at radius 1 is 0.667 bits per heavy atom. The lowest BCUT2D eigenvalue weighted by Crippen LogP contribution is -2.43. The first-order valence-electron chi connectivity index (χ1n) is 10.5. The van der Waals surface area contributed by atoms with Crippen LogP contribution in [0, 0.1) is 0 Å². The monoisotopic (exact) mass is 430 g/mol. The molecule has 0 amide bonds. The predicted octanol–water partition coefficient (Wildman–Crippen LogP) is -0.529. The molecule has 0 radical (unpaired) electrons. The normalized spacial score (nSPS) is 32.5. The lowest BCUT2D eigenvalue weighted by Gasteiger charge is -2.32. The molecular weight excluding hydrogens is 400 g/mol. The summed E-state index contributed by atoms with van der Waals surface area (Å²) >= 11 is 0. The van der Waals surface area contributed by atoms with Crippen LogP contribution < -0.4 is 0 Å². The average molecular weight is 430 g/mol. The quantitative estimate of drug-likeness (QED) is 0.257. The van der Waals surface area contributed by atoms with Crippen molar-refractivity contribution in [3.05, 3.63) is 0 Å². The molecule has 0 saturated carbocycles. The standard InChI is InChI=1S/C20H30O10/c21-11-19(3-13-7-25-13,4-14-8-26-14)29-17(23)1-2-18(24)30-20(12-22,5-15-9-27-15)6-16-10-28-16/h13-16,21-22H,1-12H2. The first-order chi connectivity index (χ1) is 14.4. The fourth-order valence-corrected chi connectivity index (χ4v) is 3.85. The van der Waals surface area contributed by atoms with Gasteiger partial charge < -0.3 is 38.6 Å². The van der Waals surface area contributed by atoms with Gasteiger partial charge in [0, 0.05) is 25.7 Å². The lowest BCUT2D eigenvalue weighted by atomic mass is 9.92.